The van der Waals surface area contributed by atoms with Crippen LogP contribution in [-0.2, 0) is 0 Å². The highest BCUT2D eigenvalue weighted by molar-refractivity contribution is 6.18. The number of carboxylic acid groups (broad SMARTS) is 1. The maximum atomic E-state index is 12.7. The van der Waals surface area contributed by atoms with Crippen molar-refractivity contribution in [2.24, 2.45) is 0 Å². The van der Waals surface area contributed by atoms with Gasteiger partial charge in [0.2, 0.25) is 0 Å². The zero-order valence-corrected chi connectivity index (χ0v) is 12.4. The van der Waals surface area contributed by atoms with Gasteiger partial charge in [0, 0.05) is 16.7 Å². The summed E-state index contributed by atoms with van der Waals surface area (Å²) in [4.78, 5) is 34.8. The van der Waals surface area contributed by atoms with Crippen LogP contribution in [0.2, 0.25) is 0 Å². The third-order valence-electron chi connectivity index (χ3n) is 3.80. The van der Waals surface area contributed by atoms with Gasteiger partial charge in [-0.3, -0.25) is 9.59 Å². The molecule has 0 aliphatic carbocycles. The molecule has 0 spiro atoms. The Hall–Kier alpha value is -3.47. The molecule has 0 bridgehead atoms. The number of carbonyl (C=O) groups excluding carboxylic acids is 2. The lowest BCUT2D eigenvalue weighted by molar-refractivity contribution is 0.0696. The third kappa shape index (κ3) is 2.63. The number of carbonyl (C=O) groups is 3. The Morgan fingerprint density at radius 3 is 2.12 bits per heavy atom. The van der Waals surface area contributed by atoms with Crippen molar-refractivity contribution in [3.8, 4) is 5.75 Å². The molecule has 0 amide bonds. The fourth-order valence-corrected chi connectivity index (χ4v) is 2.58. The number of ketones is 1. The Morgan fingerprint density at radius 2 is 1.50 bits per heavy atom. The van der Waals surface area contributed by atoms with Crippen LogP contribution in [0, 0.1) is 0 Å². The minimum Gasteiger partial charge on any atom is -0.508 e. The van der Waals surface area contributed by atoms with Crippen molar-refractivity contribution >= 4 is 28.8 Å². The van der Waals surface area contributed by atoms with E-state index in [0.29, 0.717) is 33.7 Å². The highest BCUT2D eigenvalue weighted by Gasteiger charge is 2.15. The molecule has 3 rings (SSSR count). The molecule has 0 aliphatic rings. The van der Waals surface area contributed by atoms with Crippen molar-refractivity contribution in [3.05, 3.63) is 76.9 Å². The van der Waals surface area contributed by atoms with Gasteiger partial charge in [-0.05, 0) is 47.2 Å². The predicted molar refractivity (Wildman–Crippen MR) is 87.8 cm³/mol. The molecule has 0 atom stereocenters. The molecule has 24 heavy (non-hydrogen) atoms. The molecule has 0 aliphatic heterocycles. The molecule has 3 aromatic rings. The topological polar surface area (TPSA) is 91.7 Å². The van der Waals surface area contributed by atoms with Gasteiger partial charge < -0.3 is 10.2 Å². The number of carboxylic acids is 1. The average molecular weight is 320 g/mol. The van der Waals surface area contributed by atoms with E-state index >= 15 is 0 Å². The van der Waals surface area contributed by atoms with E-state index in [4.69, 9.17) is 5.11 Å². The zero-order valence-electron chi connectivity index (χ0n) is 12.4. The number of aromatic carboxylic acids is 1. The van der Waals surface area contributed by atoms with E-state index in [1.165, 1.54) is 42.5 Å². The van der Waals surface area contributed by atoms with Crippen LogP contribution in [0.3, 0.4) is 0 Å². The fraction of sp³-hybridized carbons (Fsp3) is 0. The predicted octanol–water partition coefficient (Wildman–Crippen LogP) is 3.29. The molecule has 0 aromatic heterocycles. The summed E-state index contributed by atoms with van der Waals surface area (Å²) in [7, 11) is 0. The highest BCUT2D eigenvalue weighted by Crippen LogP contribution is 2.27. The Labute approximate surface area is 136 Å². The molecule has 0 saturated heterocycles. The molecular formula is C19H12O5. The van der Waals surface area contributed by atoms with E-state index in [9.17, 15) is 19.5 Å². The lowest BCUT2D eigenvalue weighted by Gasteiger charge is -2.09. The Morgan fingerprint density at radius 1 is 0.833 bits per heavy atom. The van der Waals surface area contributed by atoms with E-state index in [-0.39, 0.29) is 17.1 Å². The SMILES string of the molecule is O=Cc1ccc(C(=O)c2ccc(C(=O)O)cc2)c2ccc(O)cc12. The molecule has 0 saturated carbocycles. The summed E-state index contributed by atoms with van der Waals surface area (Å²) in [6.45, 7) is 0. The van der Waals surface area contributed by atoms with Gasteiger partial charge in [0.1, 0.15) is 5.75 Å². The molecule has 0 radical (unpaired) electrons. The molecular weight excluding hydrogens is 308 g/mol. The monoisotopic (exact) mass is 320 g/mol. The van der Waals surface area contributed by atoms with E-state index in [1.54, 1.807) is 12.1 Å². The summed E-state index contributed by atoms with van der Waals surface area (Å²) < 4.78 is 0. The van der Waals surface area contributed by atoms with Crippen LogP contribution < -0.4 is 0 Å². The smallest absolute Gasteiger partial charge is 0.335 e. The second-order valence-electron chi connectivity index (χ2n) is 5.26. The summed E-state index contributed by atoms with van der Waals surface area (Å²) in [5.41, 5.74) is 1.18. The maximum absolute atomic E-state index is 12.7. The first kappa shape index (κ1) is 15.4. The van der Waals surface area contributed by atoms with Crippen LogP contribution >= 0.6 is 0 Å². The third-order valence-corrected chi connectivity index (χ3v) is 3.80. The van der Waals surface area contributed by atoms with E-state index < -0.39 is 5.97 Å². The minimum absolute atomic E-state index is 0.000935. The van der Waals surface area contributed by atoms with Crippen molar-refractivity contribution in [1.82, 2.24) is 0 Å². The van der Waals surface area contributed by atoms with Gasteiger partial charge in [-0.2, -0.15) is 0 Å². The summed E-state index contributed by atoms with van der Waals surface area (Å²) in [6.07, 6.45) is 0.664. The van der Waals surface area contributed by atoms with Crippen molar-refractivity contribution in [3.63, 3.8) is 0 Å². The van der Waals surface area contributed by atoms with Gasteiger partial charge in [0.05, 0.1) is 5.56 Å². The van der Waals surface area contributed by atoms with E-state index in [0.717, 1.165) is 0 Å². The second kappa shape index (κ2) is 5.96. The maximum Gasteiger partial charge on any atom is 0.335 e. The van der Waals surface area contributed by atoms with Gasteiger partial charge in [0.15, 0.2) is 12.1 Å². The minimum atomic E-state index is -1.06. The Balaban J connectivity index is 2.13. The largest absolute Gasteiger partial charge is 0.508 e. The molecule has 118 valence electrons. The first-order chi connectivity index (χ1) is 11.5. The van der Waals surface area contributed by atoms with Gasteiger partial charge in [-0.1, -0.05) is 18.2 Å². The normalized spacial score (nSPS) is 10.5. The number of hydrogen-bond acceptors (Lipinski definition) is 4. The van der Waals surface area contributed by atoms with Crippen LogP contribution in [0.1, 0.15) is 36.6 Å². The van der Waals surface area contributed by atoms with E-state index in [2.05, 4.69) is 0 Å². The Kier molecular flexibility index (Phi) is 3.83. The van der Waals surface area contributed by atoms with Crippen LogP contribution in [0.5, 0.6) is 5.75 Å². The van der Waals surface area contributed by atoms with Gasteiger partial charge in [-0.25, -0.2) is 4.79 Å². The fourth-order valence-electron chi connectivity index (χ4n) is 2.58. The summed E-state index contributed by atoms with van der Waals surface area (Å²) in [6, 6.07) is 13.2. The van der Waals surface area contributed by atoms with Crippen LogP contribution in [0.4, 0.5) is 0 Å². The van der Waals surface area contributed by atoms with Gasteiger partial charge in [-0.15, -0.1) is 0 Å². The van der Waals surface area contributed by atoms with Crippen molar-refractivity contribution in [1.29, 1.82) is 0 Å². The number of hydrogen-bond donors (Lipinski definition) is 2. The Bertz CT molecular complexity index is 971. The molecule has 2 N–H and O–H groups in total. The first-order valence-electron chi connectivity index (χ1n) is 7.10. The molecule has 5 heteroatoms. The summed E-state index contributed by atoms with van der Waals surface area (Å²) in [5, 5.41) is 19.6. The number of benzene rings is 3. The molecule has 0 unspecified atom stereocenters. The number of aldehydes is 1. The summed E-state index contributed by atoms with van der Waals surface area (Å²) >= 11 is 0. The standard InChI is InChI=1S/C19H12O5/c20-10-13-5-7-16(15-8-6-14(21)9-17(13)15)18(22)11-1-3-12(4-2-11)19(23)24/h1-10,21H,(H,23,24). The average Bonchev–Trinajstić information content (AvgIpc) is 2.60. The van der Waals surface area contributed by atoms with Crippen LogP contribution in [-0.4, -0.2) is 28.3 Å². The summed E-state index contributed by atoms with van der Waals surface area (Å²) in [5.74, 6) is -1.36. The van der Waals surface area contributed by atoms with Gasteiger partial charge >= 0.3 is 5.97 Å². The van der Waals surface area contributed by atoms with Gasteiger partial charge in [0.25, 0.3) is 0 Å². The molecule has 0 heterocycles. The lowest BCUT2D eigenvalue weighted by atomic mass is 9.94. The number of rotatable bonds is 4. The quantitative estimate of drug-likeness (QED) is 0.568. The molecule has 0 fully saturated rings. The van der Waals surface area contributed by atoms with Crippen LogP contribution in [0.25, 0.3) is 10.8 Å². The molecule has 5 nitrogen and oxygen atoms in total. The van der Waals surface area contributed by atoms with Crippen molar-refractivity contribution < 1.29 is 24.6 Å². The first-order valence-corrected chi connectivity index (χ1v) is 7.10. The lowest BCUT2D eigenvalue weighted by Crippen LogP contribution is -2.04. The number of phenolic OH excluding ortho intramolecular Hbond substituents is 1. The number of phenols is 1. The van der Waals surface area contributed by atoms with Crippen molar-refractivity contribution in [2.75, 3.05) is 0 Å². The van der Waals surface area contributed by atoms with E-state index in [1.807, 2.05) is 0 Å². The van der Waals surface area contributed by atoms with Crippen LogP contribution in [0.15, 0.2) is 54.6 Å². The highest BCUT2D eigenvalue weighted by atomic mass is 16.4. The second-order valence-corrected chi connectivity index (χ2v) is 5.26. The zero-order chi connectivity index (χ0) is 17.3. The number of fused-ring (bicyclic) bond motifs is 1. The number of aromatic hydroxyl groups is 1. The van der Waals surface area contributed by atoms with Crippen molar-refractivity contribution in [2.45, 2.75) is 0 Å². The molecule has 3 aromatic carbocycles.